The first kappa shape index (κ1) is 5.85. The molecule has 0 radical (unpaired) electrons. The SMILES string of the molecule is c1noc([C@@H]2CCNC2)n1. The van der Waals surface area contributed by atoms with E-state index in [0.29, 0.717) is 5.92 Å². The molecule has 0 aromatic carbocycles. The average Bonchev–Trinajstić information content (AvgIpc) is 2.59. The monoisotopic (exact) mass is 139 g/mol. The van der Waals surface area contributed by atoms with Crippen molar-refractivity contribution in [1.82, 2.24) is 15.5 Å². The van der Waals surface area contributed by atoms with Crippen LogP contribution in [-0.2, 0) is 0 Å². The zero-order valence-corrected chi connectivity index (χ0v) is 5.58. The van der Waals surface area contributed by atoms with Gasteiger partial charge >= 0.3 is 0 Å². The summed E-state index contributed by atoms with van der Waals surface area (Å²) in [7, 11) is 0. The van der Waals surface area contributed by atoms with Gasteiger partial charge in [-0.3, -0.25) is 0 Å². The first-order valence-electron chi connectivity index (χ1n) is 3.44. The third-order valence-corrected chi connectivity index (χ3v) is 1.79. The zero-order chi connectivity index (χ0) is 6.81. The molecular weight excluding hydrogens is 130 g/mol. The van der Waals surface area contributed by atoms with Gasteiger partial charge in [0.1, 0.15) is 0 Å². The fourth-order valence-corrected chi connectivity index (χ4v) is 1.23. The lowest BCUT2D eigenvalue weighted by molar-refractivity contribution is 0.358. The molecule has 54 valence electrons. The molecule has 1 fully saturated rings. The summed E-state index contributed by atoms with van der Waals surface area (Å²) in [5.74, 6) is 1.22. The van der Waals surface area contributed by atoms with E-state index in [1.165, 1.54) is 6.33 Å². The highest BCUT2D eigenvalue weighted by Gasteiger charge is 2.20. The molecule has 1 atom stereocenters. The van der Waals surface area contributed by atoms with Crippen molar-refractivity contribution in [3.05, 3.63) is 12.2 Å². The molecule has 2 heterocycles. The van der Waals surface area contributed by atoms with Crippen molar-refractivity contribution in [3.8, 4) is 0 Å². The van der Waals surface area contributed by atoms with Crippen LogP contribution in [0.3, 0.4) is 0 Å². The Morgan fingerprint density at radius 2 is 2.70 bits per heavy atom. The molecule has 1 aliphatic rings. The van der Waals surface area contributed by atoms with Gasteiger partial charge in [0, 0.05) is 6.54 Å². The first-order valence-corrected chi connectivity index (χ1v) is 3.44. The Morgan fingerprint density at radius 1 is 1.70 bits per heavy atom. The fraction of sp³-hybridized carbons (Fsp3) is 0.667. The van der Waals surface area contributed by atoms with Gasteiger partial charge in [0.15, 0.2) is 6.33 Å². The molecule has 0 saturated carbocycles. The molecule has 4 heteroatoms. The molecular formula is C6H9N3O. The van der Waals surface area contributed by atoms with Crippen molar-refractivity contribution in [2.75, 3.05) is 13.1 Å². The van der Waals surface area contributed by atoms with Crippen molar-refractivity contribution >= 4 is 0 Å². The van der Waals surface area contributed by atoms with Crippen molar-refractivity contribution in [1.29, 1.82) is 0 Å². The molecule has 0 aliphatic carbocycles. The van der Waals surface area contributed by atoms with Crippen molar-refractivity contribution in [2.45, 2.75) is 12.3 Å². The second-order valence-corrected chi connectivity index (χ2v) is 2.47. The molecule has 0 bridgehead atoms. The number of aromatic nitrogens is 2. The standard InChI is InChI=1S/C6H9N3O/c1-2-7-3-5(1)6-8-4-9-10-6/h4-5,7H,1-3H2/t5-/m1/s1. The highest BCUT2D eigenvalue weighted by Crippen LogP contribution is 2.18. The predicted molar refractivity (Wildman–Crippen MR) is 34.5 cm³/mol. The predicted octanol–water partition coefficient (Wildman–Crippen LogP) is 0.146. The Morgan fingerprint density at radius 3 is 3.30 bits per heavy atom. The largest absolute Gasteiger partial charge is 0.339 e. The quantitative estimate of drug-likeness (QED) is 0.601. The topological polar surface area (TPSA) is 51.0 Å². The van der Waals surface area contributed by atoms with Crippen LogP contribution in [0.1, 0.15) is 18.2 Å². The Kier molecular flexibility index (Phi) is 1.39. The minimum Gasteiger partial charge on any atom is -0.339 e. The molecule has 1 aromatic rings. The van der Waals surface area contributed by atoms with E-state index >= 15 is 0 Å². The zero-order valence-electron chi connectivity index (χ0n) is 5.58. The van der Waals surface area contributed by atoms with E-state index in [0.717, 1.165) is 25.4 Å². The van der Waals surface area contributed by atoms with Crippen LogP contribution >= 0.6 is 0 Å². The average molecular weight is 139 g/mol. The molecule has 2 rings (SSSR count). The lowest BCUT2D eigenvalue weighted by Crippen LogP contribution is -2.07. The van der Waals surface area contributed by atoms with E-state index in [2.05, 4.69) is 15.5 Å². The van der Waals surface area contributed by atoms with Gasteiger partial charge < -0.3 is 9.84 Å². The number of hydrogen-bond donors (Lipinski definition) is 1. The molecule has 4 nitrogen and oxygen atoms in total. The fourth-order valence-electron chi connectivity index (χ4n) is 1.23. The van der Waals surface area contributed by atoms with E-state index in [1.54, 1.807) is 0 Å². The first-order chi connectivity index (χ1) is 4.97. The van der Waals surface area contributed by atoms with Gasteiger partial charge in [-0.15, -0.1) is 0 Å². The van der Waals surface area contributed by atoms with Crippen molar-refractivity contribution < 1.29 is 4.52 Å². The minimum absolute atomic E-state index is 0.447. The van der Waals surface area contributed by atoms with Crippen LogP contribution in [0.5, 0.6) is 0 Å². The molecule has 0 unspecified atom stereocenters. The summed E-state index contributed by atoms with van der Waals surface area (Å²) in [5.41, 5.74) is 0. The smallest absolute Gasteiger partial charge is 0.230 e. The summed E-state index contributed by atoms with van der Waals surface area (Å²) in [4.78, 5) is 3.98. The number of hydrogen-bond acceptors (Lipinski definition) is 4. The van der Waals surface area contributed by atoms with E-state index < -0.39 is 0 Å². The Balaban J connectivity index is 2.12. The third kappa shape index (κ3) is 0.903. The van der Waals surface area contributed by atoms with Crippen LogP contribution in [0, 0.1) is 0 Å². The molecule has 0 amide bonds. The number of rotatable bonds is 1. The maximum absolute atomic E-state index is 4.92. The molecule has 1 N–H and O–H groups in total. The van der Waals surface area contributed by atoms with Gasteiger partial charge in [-0.1, -0.05) is 5.16 Å². The summed E-state index contributed by atoms with van der Waals surface area (Å²) in [6.45, 7) is 2.04. The summed E-state index contributed by atoms with van der Waals surface area (Å²) >= 11 is 0. The summed E-state index contributed by atoms with van der Waals surface area (Å²) in [6.07, 6.45) is 2.57. The lowest BCUT2D eigenvalue weighted by Gasteiger charge is -1.97. The molecule has 1 saturated heterocycles. The highest BCUT2D eigenvalue weighted by atomic mass is 16.5. The van der Waals surface area contributed by atoms with Crippen LogP contribution in [0.15, 0.2) is 10.9 Å². The third-order valence-electron chi connectivity index (χ3n) is 1.79. The molecule has 0 spiro atoms. The lowest BCUT2D eigenvalue weighted by atomic mass is 10.1. The van der Waals surface area contributed by atoms with Crippen LogP contribution in [-0.4, -0.2) is 23.2 Å². The minimum atomic E-state index is 0.447. The summed E-state index contributed by atoms with van der Waals surface area (Å²) in [6, 6.07) is 0. The van der Waals surface area contributed by atoms with Gasteiger partial charge in [-0.25, -0.2) is 0 Å². The van der Waals surface area contributed by atoms with Gasteiger partial charge in [-0.05, 0) is 13.0 Å². The van der Waals surface area contributed by atoms with Crippen LogP contribution in [0.2, 0.25) is 0 Å². The second-order valence-electron chi connectivity index (χ2n) is 2.47. The molecule has 1 aromatic heterocycles. The van der Waals surface area contributed by atoms with Crippen LogP contribution in [0.25, 0.3) is 0 Å². The Labute approximate surface area is 58.6 Å². The number of nitrogens with one attached hydrogen (secondary N) is 1. The summed E-state index contributed by atoms with van der Waals surface area (Å²) < 4.78 is 4.92. The van der Waals surface area contributed by atoms with Crippen LogP contribution in [0.4, 0.5) is 0 Å². The van der Waals surface area contributed by atoms with E-state index in [-0.39, 0.29) is 0 Å². The Hall–Kier alpha value is -0.900. The van der Waals surface area contributed by atoms with Crippen LogP contribution < -0.4 is 5.32 Å². The highest BCUT2D eigenvalue weighted by molar-refractivity contribution is 4.93. The normalized spacial score (nSPS) is 25.4. The van der Waals surface area contributed by atoms with Gasteiger partial charge in [0.2, 0.25) is 5.89 Å². The second kappa shape index (κ2) is 2.38. The van der Waals surface area contributed by atoms with Gasteiger partial charge in [0.05, 0.1) is 5.92 Å². The van der Waals surface area contributed by atoms with Gasteiger partial charge in [-0.2, -0.15) is 4.98 Å². The number of nitrogens with zero attached hydrogens (tertiary/aromatic N) is 2. The molecule has 1 aliphatic heterocycles. The van der Waals surface area contributed by atoms with E-state index in [9.17, 15) is 0 Å². The molecule has 10 heavy (non-hydrogen) atoms. The summed E-state index contributed by atoms with van der Waals surface area (Å²) in [5, 5.41) is 6.79. The Bertz CT molecular complexity index is 191. The maximum Gasteiger partial charge on any atom is 0.230 e. The maximum atomic E-state index is 4.92. The van der Waals surface area contributed by atoms with E-state index in [1.807, 2.05) is 0 Å². The van der Waals surface area contributed by atoms with E-state index in [4.69, 9.17) is 4.52 Å². The van der Waals surface area contributed by atoms with Gasteiger partial charge in [0.25, 0.3) is 0 Å². The van der Waals surface area contributed by atoms with Crippen molar-refractivity contribution in [3.63, 3.8) is 0 Å². The van der Waals surface area contributed by atoms with Crippen molar-refractivity contribution in [2.24, 2.45) is 0 Å².